The van der Waals surface area contributed by atoms with Crippen LogP contribution in [0.1, 0.15) is 17.0 Å². The molecule has 2 rings (SSSR count). The Kier molecular flexibility index (Phi) is 4.05. The summed E-state index contributed by atoms with van der Waals surface area (Å²) < 4.78 is 1.98. The van der Waals surface area contributed by atoms with E-state index in [-0.39, 0.29) is 0 Å². The van der Waals surface area contributed by atoms with Crippen molar-refractivity contribution < 1.29 is 0 Å². The summed E-state index contributed by atoms with van der Waals surface area (Å²) in [6, 6.07) is 5.86. The lowest BCUT2D eigenvalue weighted by molar-refractivity contribution is 0.772. The van der Waals surface area contributed by atoms with Crippen LogP contribution in [0.3, 0.4) is 0 Å². The van der Waals surface area contributed by atoms with Gasteiger partial charge in [0.1, 0.15) is 11.8 Å². The summed E-state index contributed by atoms with van der Waals surface area (Å²) in [5, 5.41) is 12.1. The third-order valence-electron chi connectivity index (χ3n) is 2.67. The lowest BCUT2D eigenvalue weighted by atomic mass is 10.2. The smallest absolute Gasteiger partial charge is 0.145 e. The van der Waals surface area contributed by atoms with E-state index in [1.165, 1.54) is 0 Å². The Morgan fingerprint density at radius 1 is 1.44 bits per heavy atom. The van der Waals surface area contributed by atoms with Crippen LogP contribution in [0.2, 0.25) is 0 Å². The van der Waals surface area contributed by atoms with Gasteiger partial charge in [-0.15, -0.1) is 0 Å². The zero-order chi connectivity index (χ0) is 12.8. The first-order valence-electron chi connectivity index (χ1n) is 5.82. The molecule has 0 radical (unpaired) electrons. The van der Waals surface area contributed by atoms with Crippen LogP contribution in [0.15, 0.2) is 30.9 Å². The number of imidazole rings is 1. The predicted molar refractivity (Wildman–Crippen MR) is 67.9 cm³/mol. The molecule has 2 aromatic heterocycles. The maximum Gasteiger partial charge on any atom is 0.145 e. The van der Waals surface area contributed by atoms with Gasteiger partial charge < -0.3 is 9.88 Å². The van der Waals surface area contributed by atoms with Crippen LogP contribution in [0.5, 0.6) is 0 Å². The van der Waals surface area contributed by atoms with E-state index in [4.69, 9.17) is 5.26 Å². The van der Waals surface area contributed by atoms with Gasteiger partial charge in [0.15, 0.2) is 0 Å². The molecule has 0 unspecified atom stereocenters. The van der Waals surface area contributed by atoms with Crippen LogP contribution >= 0.6 is 0 Å². The van der Waals surface area contributed by atoms with Gasteiger partial charge in [0.2, 0.25) is 0 Å². The van der Waals surface area contributed by atoms with Crippen molar-refractivity contribution in [3.63, 3.8) is 0 Å². The summed E-state index contributed by atoms with van der Waals surface area (Å²) >= 11 is 0. The standard InChI is InChI=1S/C13H15N5/c1-15-6-4-12-9-18(10-17-12)8-11-3-2-5-16-13(11)7-14/h2-3,5,9-10,15H,4,6,8H2,1H3. The molecule has 0 aliphatic carbocycles. The maximum absolute atomic E-state index is 8.97. The van der Waals surface area contributed by atoms with Crippen molar-refractivity contribution in [2.24, 2.45) is 0 Å². The van der Waals surface area contributed by atoms with Crippen molar-refractivity contribution >= 4 is 0 Å². The number of likely N-dealkylation sites (N-methyl/N-ethyl adjacent to an activating group) is 1. The van der Waals surface area contributed by atoms with Crippen LogP contribution < -0.4 is 5.32 Å². The molecular weight excluding hydrogens is 226 g/mol. The molecule has 0 spiro atoms. The fourth-order valence-electron chi connectivity index (χ4n) is 1.74. The zero-order valence-electron chi connectivity index (χ0n) is 10.3. The summed E-state index contributed by atoms with van der Waals surface area (Å²) in [7, 11) is 1.92. The van der Waals surface area contributed by atoms with Gasteiger partial charge in [-0.05, 0) is 13.1 Å². The number of hydrogen-bond donors (Lipinski definition) is 1. The Labute approximate surface area is 106 Å². The number of aromatic nitrogens is 3. The van der Waals surface area contributed by atoms with Gasteiger partial charge in [0.25, 0.3) is 0 Å². The highest BCUT2D eigenvalue weighted by Gasteiger charge is 2.04. The minimum atomic E-state index is 0.475. The lowest BCUT2D eigenvalue weighted by Gasteiger charge is -2.03. The molecule has 2 heterocycles. The third-order valence-corrected chi connectivity index (χ3v) is 2.67. The van der Waals surface area contributed by atoms with Gasteiger partial charge in [-0.2, -0.15) is 5.26 Å². The monoisotopic (exact) mass is 241 g/mol. The van der Waals surface area contributed by atoms with Crippen molar-refractivity contribution in [2.75, 3.05) is 13.6 Å². The zero-order valence-corrected chi connectivity index (χ0v) is 10.3. The molecule has 18 heavy (non-hydrogen) atoms. The normalized spacial score (nSPS) is 10.2. The van der Waals surface area contributed by atoms with Gasteiger partial charge in [-0.25, -0.2) is 9.97 Å². The number of nitrogens with one attached hydrogen (secondary N) is 1. The average Bonchev–Trinajstić information content (AvgIpc) is 2.84. The number of nitriles is 1. The van der Waals surface area contributed by atoms with Crippen LogP contribution in [-0.4, -0.2) is 28.1 Å². The fourth-order valence-corrected chi connectivity index (χ4v) is 1.74. The number of pyridine rings is 1. The Morgan fingerprint density at radius 2 is 2.33 bits per heavy atom. The van der Waals surface area contributed by atoms with E-state index < -0.39 is 0 Å². The second-order valence-corrected chi connectivity index (χ2v) is 4.01. The summed E-state index contributed by atoms with van der Waals surface area (Å²) in [5.74, 6) is 0. The molecule has 92 valence electrons. The first-order chi connectivity index (χ1) is 8.83. The Bertz CT molecular complexity index is 553. The van der Waals surface area contributed by atoms with E-state index in [0.29, 0.717) is 12.2 Å². The van der Waals surface area contributed by atoms with Crippen molar-refractivity contribution in [3.05, 3.63) is 47.8 Å². The molecule has 2 aromatic rings. The minimum absolute atomic E-state index is 0.475. The molecule has 0 aromatic carbocycles. The molecule has 1 N–H and O–H groups in total. The van der Waals surface area contributed by atoms with E-state index >= 15 is 0 Å². The van der Waals surface area contributed by atoms with E-state index in [1.54, 1.807) is 12.5 Å². The Balaban J connectivity index is 2.09. The molecule has 0 atom stereocenters. The summed E-state index contributed by atoms with van der Waals surface area (Å²) in [4.78, 5) is 8.37. The van der Waals surface area contributed by atoms with Crippen molar-refractivity contribution in [1.82, 2.24) is 19.9 Å². The molecular formula is C13H15N5. The lowest BCUT2D eigenvalue weighted by Crippen LogP contribution is -2.10. The molecule has 5 heteroatoms. The maximum atomic E-state index is 8.97. The largest absolute Gasteiger partial charge is 0.333 e. The third kappa shape index (κ3) is 2.93. The molecule has 0 aliphatic heterocycles. The summed E-state index contributed by atoms with van der Waals surface area (Å²) in [6.45, 7) is 1.54. The van der Waals surface area contributed by atoms with Gasteiger partial charge in [0, 0.05) is 30.9 Å². The van der Waals surface area contributed by atoms with E-state index in [1.807, 2.05) is 29.9 Å². The Morgan fingerprint density at radius 3 is 3.11 bits per heavy atom. The highest BCUT2D eigenvalue weighted by Crippen LogP contribution is 2.07. The molecule has 0 bridgehead atoms. The van der Waals surface area contributed by atoms with Gasteiger partial charge in [-0.1, -0.05) is 6.07 Å². The second kappa shape index (κ2) is 5.94. The van der Waals surface area contributed by atoms with Crippen LogP contribution in [0.4, 0.5) is 0 Å². The second-order valence-electron chi connectivity index (χ2n) is 4.01. The number of rotatable bonds is 5. The number of hydrogen-bond acceptors (Lipinski definition) is 4. The summed E-state index contributed by atoms with van der Waals surface area (Å²) in [5.41, 5.74) is 2.44. The van der Waals surface area contributed by atoms with E-state index in [0.717, 1.165) is 24.2 Å². The van der Waals surface area contributed by atoms with Gasteiger partial charge in [0.05, 0.1) is 18.6 Å². The predicted octanol–water partition coefficient (Wildman–Crippen LogP) is 0.960. The molecule has 0 saturated carbocycles. The van der Waals surface area contributed by atoms with E-state index in [2.05, 4.69) is 21.4 Å². The van der Waals surface area contributed by atoms with Gasteiger partial charge >= 0.3 is 0 Å². The van der Waals surface area contributed by atoms with E-state index in [9.17, 15) is 0 Å². The number of nitrogens with zero attached hydrogens (tertiary/aromatic N) is 4. The molecule has 0 fully saturated rings. The fraction of sp³-hybridized carbons (Fsp3) is 0.308. The minimum Gasteiger partial charge on any atom is -0.333 e. The summed E-state index contributed by atoms with van der Waals surface area (Å²) in [6.07, 6.45) is 6.33. The van der Waals surface area contributed by atoms with Crippen LogP contribution in [0.25, 0.3) is 0 Å². The van der Waals surface area contributed by atoms with Crippen molar-refractivity contribution in [3.8, 4) is 6.07 Å². The van der Waals surface area contributed by atoms with Gasteiger partial charge in [-0.3, -0.25) is 0 Å². The molecule has 0 amide bonds. The highest BCUT2D eigenvalue weighted by molar-refractivity contribution is 5.30. The Hall–Kier alpha value is -2.19. The van der Waals surface area contributed by atoms with Crippen molar-refractivity contribution in [2.45, 2.75) is 13.0 Å². The molecule has 5 nitrogen and oxygen atoms in total. The topological polar surface area (TPSA) is 66.5 Å². The van der Waals surface area contributed by atoms with Crippen LogP contribution in [0, 0.1) is 11.3 Å². The van der Waals surface area contributed by atoms with Crippen LogP contribution in [-0.2, 0) is 13.0 Å². The first kappa shape index (κ1) is 12.3. The molecule has 0 aliphatic rings. The SMILES string of the molecule is CNCCc1cn(Cc2cccnc2C#N)cn1. The highest BCUT2D eigenvalue weighted by atomic mass is 15.0. The average molecular weight is 241 g/mol. The first-order valence-corrected chi connectivity index (χ1v) is 5.82. The molecule has 0 saturated heterocycles. The quantitative estimate of drug-likeness (QED) is 0.846. The van der Waals surface area contributed by atoms with Crippen molar-refractivity contribution in [1.29, 1.82) is 5.26 Å².